The first-order valence-electron chi connectivity index (χ1n) is 6.49. The Bertz CT molecular complexity index is 583. The van der Waals surface area contributed by atoms with Crippen molar-refractivity contribution >= 4 is 17.2 Å². The van der Waals surface area contributed by atoms with Crippen LogP contribution < -0.4 is 5.32 Å². The fraction of sp³-hybridized carbons (Fsp3) is 0.429. The van der Waals surface area contributed by atoms with Crippen molar-refractivity contribution in [3.63, 3.8) is 0 Å². The van der Waals surface area contributed by atoms with E-state index < -0.39 is 0 Å². The SMILES string of the molecule is CCc1nc(C#N)c(NC[C@H](c2cccs2)N(C)C)o1. The van der Waals surface area contributed by atoms with E-state index in [-0.39, 0.29) is 6.04 Å². The molecule has 0 aliphatic carbocycles. The van der Waals surface area contributed by atoms with Gasteiger partial charge >= 0.3 is 0 Å². The molecule has 20 heavy (non-hydrogen) atoms. The summed E-state index contributed by atoms with van der Waals surface area (Å²) in [4.78, 5) is 7.55. The molecule has 0 bridgehead atoms. The molecule has 0 radical (unpaired) electrons. The summed E-state index contributed by atoms with van der Waals surface area (Å²) in [6.07, 6.45) is 0.679. The number of nitrogens with zero attached hydrogens (tertiary/aromatic N) is 3. The highest BCUT2D eigenvalue weighted by Crippen LogP contribution is 2.25. The van der Waals surface area contributed by atoms with Crippen LogP contribution in [-0.2, 0) is 6.42 Å². The normalized spacial score (nSPS) is 12.3. The monoisotopic (exact) mass is 290 g/mol. The van der Waals surface area contributed by atoms with Gasteiger partial charge in [0, 0.05) is 17.8 Å². The maximum absolute atomic E-state index is 9.06. The minimum Gasteiger partial charge on any atom is -0.424 e. The lowest BCUT2D eigenvalue weighted by Crippen LogP contribution is -2.26. The molecule has 5 nitrogen and oxygen atoms in total. The summed E-state index contributed by atoms with van der Waals surface area (Å²) >= 11 is 1.72. The molecule has 1 atom stereocenters. The molecule has 6 heteroatoms. The smallest absolute Gasteiger partial charge is 0.232 e. The second kappa shape index (κ2) is 6.55. The van der Waals surface area contributed by atoms with E-state index in [9.17, 15) is 0 Å². The minimum atomic E-state index is 0.233. The third kappa shape index (κ3) is 3.18. The fourth-order valence-corrected chi connectivity index (χ4v) is 2.84. The minimum absolute atomic E-state index is 0.233. The van der Waals surface area contributed by atoms with Crippen LogP contribution in [-0.4, -0.2) is 30.5 Å². The van der Waals surface area contributed by atoms with Crippen LogP contribution in [0.4, 0.5) is 5.88 Å². The van der Waals surface area contributed by atoms with Gasteiger partial charge in [-0.25, -0.2) is 4.98 Å². The summed E-state index contributed by atoms with van der Waals surface area (Å²) in [6.45, 7) is 2.62. The quantitative estimate of drug-likeness (QED) is 0.886. The number of hydrogen-bond donors (Lipinski definition) is 1. The van der Waals surface area contributed by atoms with Gasteiger partial charge in [0.2, 0.25) is 11.6 Å². The molecule has 0 aromatic carbocycles. The van der Waals surface area contributed by atoms with Gasteiger partial charge in [0.25, 0.3) is 0 Å². The van der Waals surface area contributed by atoms with Crippen molar-refractivity contribution in [1.82, 2.24) is 9.88 Å². The molecule has 0 saturated heterocycles. The summed E-state index contributed by atoms with van der Waals surface area (Å²) in [7, 11) is 4.07. The van der Waals surface area contributed by atoms with E-state index in [1.54, 1.807) is 11.3 Å². The van der Waals surface area contributed by atoms with E-state index in [2.05, 4.69) is 32.7 Å². The summed E-state index contributed by atoms with van der Waals surface area (Å²) in [5, 5.41) is 14.3. The van der Waals surface area contributed by atoms with Gasteiger partial charge in [-0.2, -0.15) is 5.26 Å². The molecule has 0 aliphatic rings. The van der Waals surface area contributed by atoms with Gasteiger partial charge in [0.15, 0.2) is 5.89 Å². The van der Waals surface area contributed by atoms with Gasteiger partial charge in [0.05, 0.1) is 6.04 Å². The predicted octanol–water partition coefficient (Wildman–Crippen LogP) is 2.88. The summed E-state index contributed by atoms with van der Waals surface area (Å²) < 4.78 is 5.54. The number of anilines is 1. The van der Waals surface area contributed by atoms with Crippen molar-refractivity contribution in [2.75, 3.05) is 26.0 Å². The van der Waals surface area contributed by atoms with Gasteiger partial charge in [-0.3, -0.25) is 0 Å². The second-order valence-electron chi connectivity index (χ2n) is 4.63. The lowest BCUT2D eigenvalue weighted by atomic mass is 10.2. The highest BCUT2D eigenvalue weighted by Gasteiger charge is 2.18. The van der Waals surface area contributed by atoms with Crippen molar-refractivity contribution in [3.05, 3.63) is 34.0 Å². The molecule has 2 heterocycles. The van der Waals surface area contributed by atoms with Crippen LogP contribution in [0.25, 0.3) is 0 Å². The first kappa shape index (κ1) is 14.6. The van der Waals surface area contributed by atoms with E-state index in [4.69, 9.17) is 9.68 Å². The van der Waals surface area contributed by atoms with E-state index in [1.165, 1.54) is 4.88 Å². The maximum Gasteiger partial charge on any atom is 0.232 e. The van der Waals surface area contributed by atoms with Gasteiger partial charge in [-0.15, -0.1) is 11.3 Å². The number of hydrogen-bond acceptors (Lipinski definition) is 6. The van der Waals surface area contributed by atoms with Crippen molar-refractivity contribution in [2.45, 2.75) is 19.4 Å². The third-order valence-corrected chi connectivity index (χ3v) is 4.00. The predicted molar refractivity (Wildman–Crippen MR) is 79.8 cm³/mol. The number of aromatic nitrogens is 1. The summed E-state index contributed by atoms with van der Waals surface area (Å²) in [5.41, 5.74) is 0.325. The molecule has 2 aromatic rings. The number of nitrogens with one attached hydrogen (secondary N) is 1. The number of oxazole rings is 1. The van der Waals surface area contributed by atoms with Crippen LogP contribution in [0.5, 0.6) is 0 Å². The maximum atomic E-state index is 9.06. The van der Waals surface area contributed by atoms with Gasteiger partial charge in [-0.05, 0) is 25.5 Å². The highest BCUT2D eigenvalue weighted by molar-refractivity contribution is 7.10. The van der Waals surface area contributed by atoms with Crippen molar-refractivity contribution in [3.8, 4) is 6.07 Å². The Hall–Kier alpha value is -1.84. The summed E-state index contributed by atoms with van der Waals surface area (Å²) in [6, 6.07) is 6.45. The molecule has 0 amide bonds. The Morgan fingerprint density at radius 2 is 2.35 bits per heavy atom. The molecule has 0 aliphatic heterocycles. The Morgan fingerprint density at radius 3 is 2.90 bits per heavy atom. The van der Waals surface area contributed by atoms with Gasteiger partial charge in [-0.1, -0.05) is 13.0 Å². The van der Waals surface area contributed by atoms with Crippen molar-refractivity contribution in [2.24, 2.45) is 0 Å². The van der Waals surface area contributed by atoms with Crippen molar-refractivity contribution < 1.29 is 4.42 Å². The van der Waals surface area contributed by atoms with E-state index in [1.807, 2.05) is 27.1 Å². The Balaban J connectivity index is 2.10. The number of aryl methyl sites for hydroxylation is 1. The highest BCUT2D eigenvalue weighted by atomic mass is 32.1. The largest absolute Gasteiger partial charge is 0.424 e. The van der Waals surface area contributed by atoms with E-state index in [0.29, 0.717) is 30.4 Å². The molecule has 0 unspecified atom stereocenters. The van der Waals surface area contributed by atoms with Crippen LogP contribution in [0.3, 0.4) is 0 Å². The standard InChI is InChI=1S/C14H18N4OS/c1-4-13-17-10(8-15)14(19-13)16-9-11(18(2)3)12-6-5-7-20-12/h5-7,11,16H,4,9H2,1-3H3/t11-/m1/s1. The number of rotatable bonds is 6. The first-order valence-corrected chi connectivity index (χ1v) is 7.37. The molecular formula is C14H18N4OS. The molecule has 2 rings (SSSR count). The zero-order valence-corrected chi connectivity index (χ0v) is 12.7. The van der Waals surface area contributed by atoms with E-state index >= 15 is 0 Å². The average Bonchev–Trinajstić information content (AvgIpc) is 3.07. The molecule has 2 aromatic heterocycles. The van der Waals surface area contributed by atoms with Crippen molar-refractivity contribution in [1.29, 1.82) is 5.26 Å². The summed E-state index contributed by atoms with van der Waals surface area (Å²) in [5.74, 6) is 1.05. The topological polar surface area (TPSA) is 65.1 Å². The van der Waals surface area contributed by atoms with Crippen LogP contribution in [0.2, 0.25) is 0 Å². The van der Waals surface area contributed by atoms with Crippen LogP contribution in [0, 0.1) is 11.3 Å². The third-order valence-electron chi connectivity index (χ3n) is 3.03. The molecule has 1 N–H and O–H groups in total. The first-order chi connectivity index (χ1) is 9.65. The molecule has 0 saturated carbocycles. The zero-order valence-electron chi connectivity index (χ0n) is 11.9. The lowest BCUT2D eigenvalue weighted by Gasteiger charge is -2.23. The molecular weight excluding hydrogens is 272 g/mol. The second-order valence-corrected chi connectivity index (χ2v) is 5.61. The molecule has 106 valence electrons. The van der Waals surface area contributed by atoms with Crippen LogP contribution in [0.1, 0.15) is 29.4 Å². The zero-order chi connectivity index (χ0) is 14.5. The van der Waals surface area contributed by atoms with Gasteiger partial charge < -0.3 is 14.6 Å². The Labute approximate surface area is 122 Å². The number of likely N-dealkylation sites (N-methyl/N-ethyl adjacent to an activating group) is 1. The number of nitriles is 1. The Kier molecular flexibility index (Phi) is 4.77. The number of thiophene rings is 1. The molecule has 0 spiro atoms. The molecule has 0 fully saturated rings. The van der Waals surface area contributed by atoms with Crippen LogP contribution >= 0.6 is 11.3 Å². The van der Waals surface area contributed by atoms with E-state index in [0.717, 1.165) is 0 Å². The lowest BCUT2D eigenvalue weighted by molar-refractivity contribution is 0.314. The van der Waals surface area contributed by atoms with Crippen LogP contribution in [0.15, 0.2) is 21.9 Å². The van der Waals surface area contributed by atoms with Gasteiger partial charge in [0.1, 0.15) is 6.07 Å². The average molecular weight is 290 g/mol. The Morgan fingerprint density at radius 1 is 1.55 bits per heavy atom. The fourth-order valence-electron chi connectivity index (χ4n) is 1.92.